The van der Waals surface area contributed by atoms with Gasteiger partial charge in [-0.2, -0.15) is 4.98 Å². The van der Waals surface area contributed by atoms with Gasteiger partial charge < -0.3 is 19.7 Å². The Balaban J connectivity index is 1.46. The van der Waals surface area contributed by atoms with E-state index in [1.165, 1.54) is 6.20 Å². The molecule has 33 heavy (non-hydrogen) atoms. The van der Waals surface area contributed by atoms with E-state index in [2.05, 4.69) is 29.9 Å². The summed E-state index contributed by atoms with van der Waals surface area (Å²) >= 11 is 0. The van der Waals surface area contributed by atoms with Crippen molar-refractivity contribution in [2.45, 2.75) is 51.3 Å². The van der Waals surface area contributed by atoms with Crippen molar-refractivity contribution in [2.75, 3.05) is 30.4 Å². The van der Waals surface area contributed by atoms with Crippen LogP contribution in [0, 0.1) is 5.82 Å². The Morgan fingerprint density at radius 2 is 1.88 bits per heavy atom. The van der Waals surface area contributed by atoms with Crippen molar-refractivity contribution in [1.82, 2.24) is 19.9 Å². The molecular weight excluding hydrogens is 431 g/mol. The number of fused-ring (bicyclic) bond motifs is 2. The number of pyridine rings is 1. The van der Waals surface area contributed by atoms with E-state index in [9.17, 15) is 14.0 Å². The highest BCUT2D eigenvalue weighted by Crippen LogP contribution is 2.33. The minimum atomic E-state index is -0.850. The molecule has 0 saturated carbocycles. The van der Waals surface area contributed by atoms with E-state index < -0.39 is 23.1 Å². The molecule has 4 rings (SSSR count). The number of halogens is 1. The Morgan fingerprint density at radius 1 is 1.18 bits per heavy atom. The van der Waals surface area contributed by atoms with Crippen LogP contribution in [0.5, 0.6) is 0 Å². The molecule has 2 saturated heterocycles. The third-order valence-corrected chi connectivity index (χ3v) is 5.53. The van der Waals surface area contributed by atoms with Gasteiger partial charge in [0.05, 0.1) is 31.1 Å². The van der Waals surface area contributed by atoms with E-state index in [4.69, 9.17) is 4.74 Å². The second-order valence-electron chi connectivity index (χ2n) is 9.09. The summed E-state index contributed by atoms with van der Waals surface area (Å²) in [4.78, 5) is 40.7. The van der Waals surface area contributed by atoms with Crippen LogP contribution >= 0.6 is 0 Å². The number of anilines is 3. The maximum absolute atomic E-state index is 14.2. The summed E-state index contributed by atoms with van der Waals surface area (Å²) in [5.41, 5.74) is -0.632. The zero-order valence-corrected chi connectivity index (χ0v) is 19.0. The first-order chi connectivity index (χ1) is 15.6. The van der Waals surface area contributed by atoms with Crippen molar-refractivity contribution in [1.29, 1.82) is 0 Å². The number of hydrogen-bond donors (Lipinski definition) is 1. The Bertz CT molecular complexity index is 1050. The summed E-state index contributed by atoms with van der Waals surface area (Å²) in [7, 11) is 1.16. The summed E-state index contributed by atoms with van der Waals surface area (Å²) in [6, 6.07) is 3.03. The number of nitrogens with zero attached hydrogens (tertiary/aromatic N) is 5. The van der Waals surface area contributed by atoms with Crippen molar-refractivity contribution in [3.8, 4) is 0 Å². The molecule has 0 radical (unpaired) electrons. The summed E-state index contributed by atoms with van der Waals surface area (Å²) in [6.45, 7) is 6.86. The SMILES string of the molecule is COC(=O)c1ncc(Nc2nccc(N3CC4CCC(C3)N4C(=O)OC(C)(C)C)n2)cc1F. The van der Waals surface area contributed by atoms with Crippen LogP contribution in [0.1, 0.15) is 44.1 Å². The number of carbonyl (C=O) groups excluding carboxylic acids is 2. The van der Waals surface area contributed by atoms with Gasteiger partial charge >= 0.3 is 12.1 Å². The molecule has 2 aliphatic rings. The van der Waals surface area contributed by atoms with Crippen LogP contribution in [-0.2, 0) is 9.47 Å². The van der Waals surface area contributed by atoms with Crippen LogP contribution in [0.15, 0.2) is 24.5 Å². The molecular formula is C22H27FN6O4. The lowest BCUT2D eigenvalue weighted by molar-refractivity contribution is 0.0122. The summed E-state index contributed by atoms with van der Waals surface area (Å²) in [5.74, 6) is -0.690. The summed E-state index contributed by atoms with van der Waals surface area (Å²) in [6.07, 6.45) is 4.47. The number of amides is 1. The van der Waals surface area contributed by atoms with Gasteiger partial charge in [0.2, 0.25) is 5.95 Å². The molecule has 11 heteroatoms. The van der Waals surface area contributed by atoms with Gasteiger partial charge in [0, 0.05) is 25.4 Å². The molecule has 2 bridgehead atoms. The number of rotatable bonds is 4. The Labute approximate surface area is 191 Å². The lowest BCUT2D eigenvalue weighted by Crippen LogP contribution is -2.57. The van der Waals surface area contributed by atoms with Crippen LogP contribution in [-0.4, -0.2) is 69.8 Å². The lowest BCUT2D eigenvalue weighted by atomic mass is 10.2. The molecule has 2 aliphatic heterocycles. The molecule has 0 aliphatic carbocycles. The van der Waals surface area contributed by atoms with Crippen molar-refractivity contribution >= 4 is 29.5 Å². The van der Waals surface area contributed by atoms with Crippen molar-refractivity contribution in [2.24, 2.45) is 0 Å². The highest BCUT2D eigenvalue weighted by molar-refractivity contribution is 5.87. The van der Waals surface area contributed by atoms with Crippen molar-refractivity contribution in [3.05, 3.63) is 36.0 Å². The van der Waals surface area contributed by atoms with Gasteiger partial charge in [0.15, 0.2) is 11.5 Å². The minimum absolute atomic E-state index is 0.0501. The first-order valence-electron chi connectivity index (χ1n) is 10.7. The monoisotopic (exact) mass is 458 g/mol. The Hall–Kier alpha value is -3.50. The molecule has 2 atom stereocenters. The Morgan fingerprint density at radius 3 is 2.48 bits per heavy atom. The van der Waals surface area contributed by atoms with Crippen LogP contribution in [0.25, 0.3) is 0 Å². The third kappa shape index (κ3) is 4.96. The number of aromatic nitrogens is 3. The smallest absolute Gasteiger partial charge is 0.410 e. The van der Waals surface area contributed by atoms with Crippen LogP contribution in [0.3, 0.4) is 0 Å². The van der Waals surface area contributed by atoms with Crippen molar-refractivity contribution < 1.29 is 23.5 Å². The van der Waals surface area contributed by atoms with E-state index in [-0.39, 0.29) is 24.1 Å². The molecule has 2 fully saturated rings. The van der Waals surface area contributed by atoms with Gasteiger partial charge in [-0.3, -0.25) is 4.90 Å². The Kier molecular flexibility index (Phi) is 6.05. The molecule has 1 amide bonds. The molecule has 176 valence electrons. The molecule has 2 aromatic rings. The zero-order valence-electron chi connectivity index (χ0n) is 19.0. The fourth-order valence-corrected chi connectivity index (χ4v) is 4.17. The second kappa shape index (κ2) is 8.80. The van der Waals surface area contributed by atoms with Crippen LogP contribution in [0.4, 0.5) is 26.6 Å². The van der Waals surface area contributed by atoms with E-state index in [0.717, 1.165) is 26.0 Å². The molecule has 1 N–H and O–H groups in total. The van der Waals surface area contributed by atoms with Gasteiger partial charge in [-0.15, -0.1) is 0 Å². The predicted octanol–water partition coefficient (Wildman–Crippen LogP) is 3.13. The lowest BCUT2D eigenvalue weighted by Gasteiger charge is -2.41. The highest BCUT2D eigenvalue weighted by atomic mass is 19.1. The van der Waals surface area contributed by atoms with E-state index in [0.29, 0.717) is 24.6 Å². The zero-order chi connectivity index (χ0) is 23.8. The number of piperazine rings is 1. The van der Waals surface area contributed by atoms with Crippen LogP contribution < -0.4 is 10.2 Å². The maximum atomic E-state index is 14.2. The van der Waals surface area contributed by atoms with Crippen LogP contribution in [0.2, 0.25) is 0 Å². The fourth-order valence-electron chi connectivity index (χ4n) is 4.17. The average Bonchev–Trinajstić information content (AvgIpc) is 3.02. The second-order valence-corrected chi connectivity index (χ2v) is 9.09. The van der Waals surface area contributed by atoms with Gasteiger partial charge in [-0.05, 0) is 39.7 Å². The molecule has 2 unspecified atom stereocenters. The number of carbonyl (C=O) groups is 2. The van der Waals surface area contributed by atoms with Gasteiger partial charge in [-0.1, -0.05) is 0 Å². The first kappa shape index (κ1) is 22.7. The molecule has 0 spiro atoms. The average molecular weight is 458 g/mol. The van der Waals surface area contributed by atoms with E-state index in [1.54, 1.807) is 12.3 Å². The fraction of sp³-hybridized carbons (Fsp3) is 0.500. The number of methoxy groups -OCH3 is 1. The van der Waals surface area contributed by atoms with Gasteiger partial charge in [0.25, 0.3) is 0 Å². The quantitative estimate of drug-likeness (QED) is 0.691. The molecule has 0 aromatic carbocycles. The van der Waals surface area contributed by atoms with E-state index >= 15 is 0 Å². The van der Waals surface area contributed by atoms with E-state index in [1.807, 2.05) is 25.7 Å². The number of esters is 1. The largest absolute Gasteiger partial charge is 0.464 e. The first-order valence-corrected chi connectivity index (χ1v) is 10.7. The molecule has 2 aromatic heterocycles. The van der Waals surface area contributed by atoms with Crippen molar-refractivity contribution in [3.63, 3.8) is 0 Å². The third-order valence-electron chi connectivity index (χ3n) is 5.53. The molecule has 4 heterocycles. The number of ether oxygens (including phenoxy) is 2. The highest BCUT2D eigenvalue weighted by Gasteiger charge is 2.44. The summed E-state index contributed by atoms with van der Waals surface area (Å²) < 4.78 is 24.3. The number of hydrogen-bond acceptors (Lipinski definition) is 9. The minimum Gasteiger partial charge on any atom is -0.464 e. The number of nitrogens with one attached hydrogen (secondary N) is 1. The topological polar surface area (TPSA) is 110 Å². The predicted molar refractivity (Wildman–Crippen MR) is 118 cm³/mol. The summed E-state index contributed by atoms with van der Waals surface area (Å²) in [5, 5.41) is 2.91. The normalized spacial score (nSPS) is 19.9. The molecule has 10 nitrogen and oxygen atoms in total. The standard InChI is InChI=1S/C22H27FN6O4/c1-22(2,3)33-21(31)29-14-5-6-15(29)12-28(11-14)17-7-8-24-20(27-17)26-13-9-16(23)18(25-10-13)19(30)32-4/h7-10,14-15H,5-6,11-12H2,1-4H3,(H,24,26,27). The maximum Gasteiger partial charge on any atom is 0.410 e. The van der Waals surface area contributed by atoms with Gasteiger partial charge in [-0.25, -0.2) is 23.9 Å². The van der Waals surface area contributed by atoms with Gasteiger partial charge in [0.1, 0.15) is 11.4 Å².